The molecule has 0 bridgehead atoms. The number of pyridine rings is 1. The van der Waals surface area contributed by atoms with Gasteiger partial charge in [0.15, 0.2) is 5.75 Å². The molecule has 122 valence electrons. The fraction of sp³-hybridized carbons (Fsp3) is 0.263. The second kappa shape index (κ2) is 5.91. The number of aryl methyl sites for hydroxylation is 2. The van der Waals surface area contributed by atoms with Gasteiger partial charge in [0.05, 0.1) is 11.2 Å². The van der Waals surface area contributed by atoms with E-state index in [9.17, 15) is 15.0 Å². The zero-order valence-corrected chi connectivity index (χ0v) is 13.9. The Labute approximate surface area is 143 Å². The number of carboxylic acid groups (broad SMARTS) is 1. The molecule has 2 heterocycles. The van der Waals surface area contributed by atoms with Gasteiger partial charge in [-0.05, 0) is 59.2 Å². The second-order valence-electron chi connectivity index (χ2n) is 6.20. The van der Waals surface area contributed by atoms with Crippen LogP contribution in [0.2, 0.25) is 0 Å². The first-order valence-electron chi connectivity index (χ1n) is 8.06. The summed E-state index contributed by atoms with van der Waals surface area (Å²) in [6.45, 7) is 0. The Morgan fingerprint density at radius 3 is 2.79 bits per heavy atom. The first-order chi connectivity index (χ1) is 11.6. The number of thiophene rings is 1. The van der Waals surface area contributed by atoms with Gasteiger partial charge in [-0.15, -0.1) is 0 Å². The van der Waals surface area contributed by atoms with E-state index in [4.69, 9.17) is 4.98 Å². The predicted molar refractivity (Wildman–Crippen MR) is 94.1 cm³/mol. The summed E-state index contributed by atoms with van der Waals surface area (Å²) in [6, 6.07) is 5.75. The van der Waals surface area contributed by atoms with E-state index in [1.54, 1.807) is 17.4 Å². The molecule has 0 atom stereocenters. The number of benzene rings is 1. The van der Waals surface area contributed by atoms with Crippen LogP contribution in [0.3, 0.4) is 0 Å². The number of hydrogen-bond acceptors (Lipinski definition) is 4. The van der Waals surface area contributed by atoms with E-state index in [1.165, 1.54) is 5.56 Å². The van der Waals surface area contributed by atoms with Crippen LogP contribution in [0.1, 0.15) is 45.6 Å². The standard InChI is InChI=1S/C19H17NO3S/c21-18-15(9-11-7-8-24-10-11)20-17-13-4-2-1-3-12(13)5-6-14(17)16(18)19(22)23/h5-8,10,21H,1-4,9H2,(H,22,23). The Balaban J connectivity index is 1.99. The van der Waals surface area contributed by atoms with Crippen LogP contribution in [-0.4, -0.2) is 21.2 Å². The number of aromatic carboxylic acids is 1. The molecule has 1 aliphatic rings. The number of carboxylic acids is 1. The Bertz CT molecular complexity index is 932. The fourth-order valence-corrected chi connectivity index (χ4v) is 4.19. The quantitative estimate of drug-likeness (QED) is 0.751. The van der Waals surface area contributed by atoms with Crippen molar-refractivity contribution in [2.75, 3.05) is 0 Å². The second-order valence-corrected chi connectivity index (χ2v) is 6.98. The third-order valence-electron chi connectivity index (χ3n) is 4.69. The van der Waals surface area contributed by atoms with Gasteiger partial charge in [0.25, 0.3) is 0 Å². The van der Waals surface area contributed by atoms with E-state index < -0.39 is 5.97 Å². The Morgan fingerprint density at radius 2 is 2.04 bits per heavy atom. The first kappa shape index (κ1) is 15.1. The topological polar surface area (TPSA) is 70.4 Å². The van der Waals surface area contributed by atoms with E-state index in [0.717, 1.165) is 42.3 Å². The number of rotatable bonds is 3. The minimum absolute atomic E-state index is 0.0291. The SMILES string of the molecule is O=C(O)c1c(O)c(Cc2ccsc2)nc2c3c(ccc12)CCCC3. The fourth-order valence-electron chi connectivity index (χ4n) is 3.52. The van der Waals surface area contributed by atoms with Crippen LogP contribution in [0.15, 0.2) is 29.0 Å². The van der Waals surface area contributed by atoms with E-state index in [0.29, 0.717) is 17.5 Å². The van der Waals surface area contributed by atoms with Gasteiger partial charge in [-0.1, -0.05) is 12.1 Å². The number of hydrogen-bond donors (Lipinski definition) is 2. The van der Waals surface area contributed by atoms with Gasteiger partial charge in [0.2, 0.25) is 0 Å². The molecule has 1 aromatic carbocycles. The number of carbonyl (C=O) groups is 1. The van der Waals surface area contributed by atoms with Gasteiger partial charge in [0, 0.05) is 11.8 Å². The molecule has 0 fully saturated rings. The minimum Gasteiger partial charge on any atom is -0.505 e. The highest BCUT2D eigenvalue weighted by Gasteiger charge is 2.23. The smallest absolute Gasteiger partial charge is 0.340 e. The van der Waals surface area contributed by atoms with Crippen molar-refractivity contribution >= 4 is 28.2 Å². The molecule has 0 aliphatic heterocycles. The lowest BCUT2D eigenvalue weighted by Gasteiger charge is -2.19. The van der Waals surface area contributed by atoms with Crippen LogP contribution < -0.4 is 0 Å². The lowest BCUT2D eigenvalue weighted by Crippen LogP contribution is -2.09. The molecule has 3 aromatic rings. The third-order valence-corrected chi connectivity index (χ3v) is 5.43. The number of fused-ring (bicyclic) bond motifs is 3. The van der Waals surface area contributed by atoms with Gasteiger partial charge in [-0.25, -0.2) is 9.78 Å². The summed E-state index contributed by atoms with van der Waals surface area (Å²) < 4.78 is 0. The molecule has 2 aromatic heterocycles. The van der Waals surface area contributed by atoms with Crippen molar-refractivity contribution in [1.82, 2.24) is 4.98 Å². The highest BCUT2D eigenvalue weighted by Crippen LogP contribution is 2.35. The van der Waals surface area contributed by atoms with Crippen LogP contribution >= 0.6 is 11.3 Å². The maximum Gasteiger partial charge on any atom is 0.340 e. The lowest BCUT2D eigenvalue weighted by molar-refractivity contribution is 0.0695. The molecule has 0 amide bonds. The summed E-state index contributed by atoms with van der Waals surface area (Å²) >= 11 is 1.58. The number of aromatic hydroxyl groups is 1. The summed E-state index contributed by atoms with van der Waals surface area (Å²) in [7, 11) is 0. The summed E-state index contributed by atoms with van der Waals surface area (Å²) in [6.07, 6.45) is 4.62. The normalized spacial score (nSPS) is 13.8. The van der Waals surface area contributed by atoms with E-state index in [-0.39, 0.29) is 11.3 Å². The Hall–Kier alpha value is -2.40. The molecule has 1 aliphatic carbocycles. The van der Waals surface area contributed by atoms with Crippen LogP contribution in [0, 0.1) is 0 Å². The van der Waals surface area contributed by atoms with Crippen molar-refractivity contribution in [3.05, 3.63) is 56.9 Å². The average molecular weight is 339 g/mol. The van der Waals surface area contributed by atoms with Crippen LogP contribution in [0.4, 0.5) is 0 Å². The highest BCUT2D eigenvalue weighted by molar-refractivity contribution is 7.07. The van der Waals surface area contributed by atoms with Crippen molar-refractivity contribution in [2.24, 2.45) is 0 Å². The predicted octanol–water partition coefficient (Wildman–Crippen LogP) is 4.17. The monoisotopic (exact) mass is 339 g/mol. The van der Waals surface area contributed by atoms with Gasteiger partial charge in [0.1, 0.15) is 5.56 Å². The largest absolute Gasteiger partial charge is 0.505 e. The van der Waals surface area contributed by atoms with Gasteiger partial charge >= 0.3 is 5.97 Å². The minimum atomic E-state index is -1.11. The van der Waals surface area contributed by atoms with Gasteiger partial charge in [-0.2, -0.15) is 11.3 Å². The highest BCUT2D eigenvalue weighted by atomic mass is 32.1. The zero-order valence-electron chi connectivity index (χ0n) is 13.1. The van der Waals surface area contributed by atoms with Crippen molar-refractivity contribution in [3.8, 4) is 5.75 Å². The van der Waals surface area contributed by atoms with Crippen molar-refractivity contribution < 1.29 is 15.0 Å². The van der Waals surface area contributed by atoms with Crippen LogP contribution in [0.5, 0.6) is 5.75 Å². The summed E-state index contributed by atoms with van der Waals surface area (Å²) in [4.78, 5) is 16.5. The summed E-state index contributed by atoms with van der Waals surface area (Å²) in [5.41, 5.74) is 4.59. The van der Waals surface area contributed by atoms with Gasteiger partial charge in [-0.3, -0.25) is 0 Å². The maximum atomic E-state index is 11.8. The summed E-state index contributed by atoms with van der Waals surface area (Å²) in [5, 5.41) is 24.6. The van der Waals surface area contributed by atoms with E-state index >= 15 is 0 Å². The van der Waals surface area contributed by atoms with Crippen molar-refractivity contribution in [2.45, 2.75) is 32.1 Å². The maximum absolute atomic E-state index is 11.8. The zero-order chi connectivity index (χ0) is 16.7. The third kappa shape index (κ3) is 2.45. The molecule has 0 spiro atoms. The van der Waals surface area contributed by atoms with Crippen LogP contribution in [-0.2, 0) is 19.3 Å². The molecule has 4 rings (SSSR count). The average Bonchev–Trinajstić information content (AvgIpc) is 3.08. The van der Waals surface area contributed by atoms with E-state index in [2.05, 4.69) is 0 Å². The molecular formula is C19H17NO3S. The van der Waals surface area contributed by atoms with Crippen molar-refractivity contribution in [3.63, 3.8) is 0 Å². The van der Waals surface area contributed by atoms with Crippen molar-refractivity contribution in [1.29, 1.82) is 0 Å². The molecule has 24 heavy (non-hydrogen) atoms. The molecule has 0 saturated carbocycles. The number of aromatic nitrogens is 1. The molecule has 0 unspecified atom stereocenters. The molecule has 0 radical (unpaired) electrons. The Morgan fingerprint density at radius 1 is 1.21 bits per heavy atom. The molecular weight excluding hydrogens is 322 g/mol. The van der Waals surface area contributed by atoms with Crippen LogP contribution in [0.25, 0.3) is 10.9 Å². The van der Waals surface area contributed by atoms with E-state index in [1.807, 2.05) is 22.9 Å². The first-order valence-corrected chi connectivity index (χ1v) is 9.00. The Kier molecular flexibility index (Phi) is 3.73. The number of nitrogens with zero attached hydrogens (tertiary/aromatic N) is 1. The summed E-state index contributed by atoms with van der Waals surface area (Å²) in [5.74, 6) is -1.32. The molecule has 4 nitrogen and oxygen atoms in total. The van der Waals surface area contributed by atoms with Gasteiger partial charge < -0.3 is 10.2 Å². The lowest BCUT2D eigenvalue weighted by atomic mass is 9.88. The molecule has 5 heteroatoms. The molecule has 2 N–H and O–H groups in total. The molecule has 0 saturated heterocycles.